The van der Waals surface area contributed by atoms with Crippen molar-refractivity contribution < 1.29 is 4.79 Å². The number of amides is 1. The summed E-state index contributed by atoms with van der Waals surface area (Å²) in [5.41, 5.74) is 5.44. The molecule has 0 bridgehead atoms. The molecule has 4 N–H and O–H groups in total. The first-order valence-electron chi connectivity index (χ1n) is 3.89. The Labute approximate surface area is 72.4 Å². The highest BCUT2D eigenvalue weighted by Crippen LogP contribution is 1.79. The third-order valence-corrected chi connectivity index (χ3v) is 1.33. The minimum Gasteiger partial charge on any atom is -0.370 e. The maximum absolute atomic E-state index is 11.0. The van der Waals surface area contributed by atoms with E-state index in [1.807, 2.05) is 6.92 Å². The maximum Gasteiger partial charge on any atom is 0.242 e. The van der Waals surface area contributed by atoms with Crippen LogP contribution in [0.5, 0.6) is 0 Å². The molecule has 0 aromatic heterocycles. The molecule has 1 atom stereocenters. The molecule has 70 valence electrons. The third-order valence-electron chi connectivity index (χ3n) is 1.33. The molecule has 0 aliphatic heterocycles. The lowest BCUT2D eigenvalue weighted by atomic mass is 10.3. The minimum atomic E-state index is -0.342. The van der Waals surface area contributed by atoms with Crippen LogP contribution in [0.15, 0.2) is 4.99 Å². The van der Waals surface area contributed by atoms with E-state index in [2.05, 4.69) is 15.6 Å². The number of nitrogens with one attached hydrogen (secondary N) is 2. The first-order valence-corrected chi connectivity index (χ1v) is 3.89. The van der Waals surface area contributed by atoms with Crippen molar-refractivity contribution in [2.24, 2.45) is 10.7 Å². The quantitative estimate of drug-likeness (QED) is 0.379. The van der Waals surface area contributed by atoms with Crippen molar-refractivity contribution in [2.45, 2.75) is 19.9 Å². The second kappa shape index (κ2) is 5.40. The summed E-state index contributed by atoms with van der Waals surface area (Å²) in [5.74, 6) is 0.192. The number of rotatable bonds is 3. The summed E-state index contributed by atoms with van der Waals surface area (Å²) in [7, 11) is 1.58. The van der Waals surface area contributed by atoms with E-state index in [9.17, 15) is 4.79 Å². The fourth-order valence-electron chi connectivity index (χ4n) is 0.720. The van der Waals surface area contributed by atoms with E-state index in [1.165, 1.54) is 0 Å². The van der Waals surface area contributed by atoms with Gasteiger partial charge in [-0.3, -0.25) is 9.79 Å². The zero-order chi connectivity index (χ0) is 9.56. The molecule has 0 aromatic rings. The van der Waals surface area contributed by atoms with E-state index in [0.29, 0.717) is 12.5 Å². The van der Waals surface area contributed by atoms with Crippen LogP contribution < -0.4 is 16.4 Å². The predicted octanol–water partition coefficient (Wildman–Crippen LogP) is -0.955. The molecule has 0 radical (unpaired) electrons. The Hall–Kier alpha value is -1.26. The van der Waals surface area contributed by atoms with Gasteiger partial charge < -0.3 is 16.4 Å². The first kappa shape index (κ1) is 10.7. The van der Waals surface area contributed by atoms with E-state index in [-0.39, 0.29) is 11.9 Å². The van der Waals surface area contributed by atoms with Crippen LogP contribution in [0.4, 0.5) is 0 Å². The van der Waals surface area contributed by atoms with Gasteiger partial charge in [0.2, 0.25) is 5.91 Å². The van der Waals surface area contributed by atoms with Gasteiger partial charge in [0.25, 0.3) is 0 Å². The maximum atomic E-state index is 11.0. The fraction of sp³-hybridized carbons (Fsp3) is 0.714. The van der Waals surface area contributed by atoms with Gasteiger partial charge in [-0.15, -0.1) is 0 Å². The lowest BCUT2D eigenvalue weighted by molar-refractivity contribution is -0.121. The molecule has 0 saturated heterocycles. The van der Waals surface area contributed by atoms with Crippen LogP contribution in [0.3, 0.4) is 0 Å². The van der Waals surface area contributed by atoms with Gasteiger partial charge in [0.1, 0.15) is 6.04 Å². The molecule has 0 rings (SSSR count). The second-order valence-electron chi connectivity index (χ2n) is 2.34. The van der Waals surface area contributed by atoms with Gasteiger partial charge in [-0.25, -0.2) is 0 Å². The van der Waals surface area contributed by atoms with Gasteiger partial charge in [-0.05, 0) is 13.8 Å². The molecule has 1 amide bonds. The molecular formula is C7H16N4O. The SMILES string of the molecule is CCN=C(N)NC(C)C(=O)NC. The van der Waals surface area contributed by atoms with Crippen molar-refractivity contribution in [3.8, 4) is 0 Å². The van der Waals surface area contributed by atoms with Crippen molar-refractivity contribution in [1.82, 2.24) is 10.6 Å². The number of aliphatic imine (C=N–C) groups is 1. The number of carbonyl (C=O) groups excluding carboxylic acids is 1. The minimum absolute atomic E-state index is 0.107. The molecule has 5 nitrogen and oxygen atoms in total. The average molecular weight is 172 g/mol. The molecule has 0 aliphatic carbocycles. The summed E-state index contributed by atoms with van der Waals surface area (Å²) in [5, 5.41) is 5.25. The molecule has 0 aliphatic rings. The van der Waals surface area contributed by atoms with Crippen LogP contribution in [0.2, 0.25) is 0 Å². The predicted molar refractivity (Wildman–Crippen MR) is 48.8 cm³/mol. The smallest absolute Gasteiger partial charge is 0.242 e. The van der Waals surface area contributed by atoms with Gasteiger partial charge >= 0.3 is 0 Å². The monoisotopic (exact) mass is 172 g/mol. The highest BCUT2D eigenvalue weighted by atomic mass is 16.2. The number of guanidine groups is 1. The molecule has 0 heterocycles. The Kier molecular flexibility index (Phi) is 4.83. The van der Waals surface area contributed by atoms with Crippen LogP contribution >= 0.6 is 0 Å². The summed E-state index contributed by atoms with van der Waals surface area (Å²) in [6.45, 7) is 4.20. The molecule has 1 unspecified atom stereocenters. The highest BCUT2D eigenvalue weighted by molar-refractivity contribution is 5.87. The topological polar surface area (TPSA) is 79.5 Å². The number of nitrogens with two attached hydrogens (primary N) is 1. The molecule has 5 heteroatoms. The Morgan fingerprint density at radius 3 is 2.67 bits per heavy atom. The Bertz CT molecular complexity index is 178. The van der Waals surface area contributed by atoms with Crippen LogP contribution in [-0.4, -0.2) is 31.5 Å². The highest BCUT2D eigenvalue weighted by Gasteiger charge is 2.09. The Morgan fingerprint density at radius 1 is 1.67 bits per heavy atom. The molecule has 0 aromatic carbocycles. The fourth-order valence-corrected chi connectivity index (χ4v) is 0.720. The lowest BCUT2D eigenvalue weighted by Gasteiger charge is -2.12. The normalized spacial score (nSPS) is 13.8. The first-order chi connectivity index (χ1) is 5.61. The molecule has 12 heavy (non-hydrogen) atoms. The summed E-state index contributed by atoms with van der Waals surface area (Å²) >= 11 is 0. The zero-order valence-corrected chi connectivity index (χ0v) is 7.72. The third kappa shape index (κ3) is 3.80. The second-order valence-corrected chi connectivity index (χ2v) is 2.34. The van der Waals surface area contributed by atoms with E-state index >= 15 is 0 Å². The number of carbonyl (C=O) groups is 1. The lowest BCUT2D eigenvalue weighted by Crippen LogP contribution is -2.46. The van der Waals surface area contributed by atoms with Gasteiger partial charge in [-0.1, -0.05) is 0 Å². The number of likely N-dealkylation sites (N-methyl/N-ethyl adjacent to an activating group) is 1. The number of nitrogens with zero attached hydrogens (tertiary/aromatic N) is 1. The standard InChI is InChI=1S/C7H16N4O/c1-4-10-7(8)11-5(2)6(12)9-3/h5H,4H2,1-3H3,(H,9,12)(H3,8,10,11). The van der Waals surface area contributed by atoms with Crippen molar-refractivity contribution in [2.75, 3.05) is 13.6 Å². The summed E-state index contributed by atoms with van der Waals surface area (Å²) in [6.07, 6.45) is 0. The van der Waals surface area contributed by atoms with Gasteiger partial charge in [-0.2, -0.15) is 0 Å². The summed E-state index contributed by atoms with van der Waals surface area (Å²) < 4.78 is 0. The zero-order valence-electron chi connectivity index (χ0n) is 7.72. The molecule has 0 spiro atoms. The Morgan fingerprint density at radius 2 is 2.25 bits per heavy atom. The largest absolute Gasteiger partial charge is 0.370 e. The van der Waals surface area contributed by atoms with Crippen LogP contribution in [0.1, 0.15) is 13.8 Å². The van der Waals surface area contributed by atoms with Gasteiger partial charge in [0.15, 0.2) is 5.96 Å². The van der Waals surface area contributed by atoms with Gasteiger partial charge in [0.05, 0.1) is 0 Å². The number of hydrogen-bond donors (Lipinski definition) is 3. The van der Waals surface area contributed by atoms with E-state index in [1.54, 1.807) is 14.0 Å². The van der Waals surface area contributed by atoms with Crippen molar-refractivity contribution in [3.63, 3.8) is 0 Å². The van der Waals surface area contributed by atoms with Gasteiger partial charge in [0, 0.05) is 13.6 Å². The van der Waals surface area contributed by atoms with E-state index in [0.717, 1.165) is 0 Å². The van der Waals surface area contributed by atoms with Crippen LogP contribution in [0, 0.1) is 0 Å². The molecule has 0 saturated carbocycles. The summed E-state index contributed by atoms with van der Waals surface area (Å²) in [4.78, 5) is 14.9. The molecular weight excluding hydrogens is 156 g/mol. The Balaban J connectivity index is 3.91. The van der Waals surface area contributed by atoms with E-state index < -0.39 is 0 Å². The molecule has 0 fully saturated rings. The van der Waals surface area contributed by atoms with Crippen molar-refractivity contribution in [3.05, 3.63) is 0 Å². The van der Waals surface area contributed by atoms with Crippen LogP contribution in [0.25, 0.3) is 0 Å². The summed E-state index contributed by atoms with van der Waals surface area (Å²) in [6, 6.07) is -0.342. The van der Waals surface area contributed by atoms with Crippen molar-refractivity contribution in [1.29, 1.82) is 0 Å². The van der Waals surface area contributed by atoms with E-state index in [4.69, 9.17) is 5.73 Å². The van der Waals surface area contributed by atoms with Crippen LogP contribution in [-0.2, 0) is 4.79 Å². The number of hydrogen-bond acceptors (Lipinski definition) is 2. The van der Waals surface area contributed by atoms with Crippen molar-refractivity contribution >= 4 is 11.9 Å². The average Bonchev–Trinajstić information content (AvgIpc) is 2.03.